The van der Waals surface area contributed by atoms with Crippen molar-refractivity contribution in [3.63, 3.8) is 0 Å². The molecule has 0 N–H and O–H groups in total. The zero-order valence-electron chi connectivity index (χ0n) is 14.9. The van der Waals surface area contributed by atoms with Gasteiger partial charge in [-0.15, -0.1) is 0 Å². The molecule has 1 saturated heterocycles. The van der Waals surface area contributed by atoms with Gasteiger partial charge in [0.1, 0.15) is 5.60 Å². The molecular formula is C20H26ClNO2. The summed E-state index contributed by atoms with van der Waals surface area (Å²) >= 11 is 6.09. The third-order valence-electron chi connectivity index (χ3n) is 4.78. The Bertz CT molecular complexity index is 675. The molecule has 130 valence electrons. The van der Waals surface area contributed by atoms with Gasteiger partial charge in [-0.1, -0.05) is 23.7 Å². The molecule has 2 bridgehead atoms. The van der Waals surface area contributed by atoms with Gasteiger partial charge >= 0.3 is 6.09 Å². The second-order valence-electron chi connectivity index (χ2n) is 7.89. The van der Waals surface area contributed by atoms with Crippen LogP contribution in [0.4, 0.5) is 4.79 Å². The lowest BCUT2D eigenvalue weighted by Crippen LogP contribution is -2.53. The summed E-state index contributed by atoms with van der Waals surface area (Å²) in [4.78, 5) is 14.6. The summed E-state index contributed by atoms with van der Waals surface area (Å²) in [6.07, 6.45) is 6.18. The third kappa shape index (κ3) is 3.61. The molecule has 1 aromatic carbocycles. The van der Waals surface area contributed by atoms with Gasteiger partial charge in [-0.05, 0) is 82.2 Å². The van der Waals surface area contributed by atoms with Crippen LogP contribution in [0.25, 0.3) is 5.57 Å². The second-order valence-corrected chi connectivity index (χ2v) is 8.33. The van der Waals surface area contributed by atoms with Crippen molar-refractivity contribution in [3.8, 4) is 0 Å². The minimum atomic E-state index is -0.456. The van der Waals surface area contributed by atoms with E-state index in [1.54, 1.807) is 0 Å². The highest BCUT2D eigenvalue weighted by atomic mass is 35.5. The minimum Gasteiger partial charge on any atom is -0.444 e. The average Bonchev–Trinajstić information content (AvgIpc) is 2.44. The standard InChI is InChI=1S/C20H26ClNO2/c1-13-10-15(21)8-9-18(13)14-11-16-6-5-7-17(12-14)22(16)19(23)24-20(2,3)4/h8-11,16-17H,5-7,12H2,1-4H3. The van der Waals surface area contributed by atoms with Gasteiger partial charge < -0.3 is 4.74 Å². The van der Waals surface area contributed by atoms with Crippen molar-refractivity contribution in [3.05, 3.63) is 40.4 Å². The van der Waals surface area contributed by atoms with Crippen molar-refractivity contribution in [2.75, 3.05) is 0 Å². The van der Waals surface area contributed by atoms with Gasteiger partial charge in [0.05, 0.1) is 6.04 Å². The molecule has 2 aliphatic rings. The van der Waals surface area contributed by atoms with Gasteiger partial charge in [-0.25, -0.2) is 4.79 Å². The van der Waals surface area contributed by atoms with Gasteiger partial charge in [0.2, 0.25) is 0 Å². The molecular weight excluding hydrogens is 322 g/mol. The number of rotatable bonds is 1. The summed E-state index contributed by atoms with van der Waals surface area (Å²) in [5.74, 6) is 0. The summed E-state index contributed by atoms with van der Waals surface area (Å²) in [6.45, 7) is 7.85. The van der Waals surface area contributed by atoms with E-state index in [0.29, 0.717) is 0 Å². The molecule has 24 heavy (non-hydrogen) atoms. The molecule has 2 heterocycles. The van der Waals surface area contributed by atoms with Crippen LogP contribution in [0, 0.1) is 6.92 Å². The number of carbonyl (C=O) groups is 1. The number of halogens is 1. The number of hydrogen-bond donors (Lipinski definition) is 0. The molecule has 3 nitrogen and oxygen atoms in total. The van der Waals surface area contributed by atoms with Crippen molar-refractivity contribution in [1.29, 1.82) is 0 Å². The summed E-state index contributed by atoms with van der Waals surface area (Å²) in [7, 11) is 0. The maximum Gasteiger partial charge on any atom is 0.411 e. The van der Waals surface area contributed by atoms with Crippen LogP contribution in [0.15, 0.2) is 24.3 Å². The summed E-state index contributed by atoms with van der Waals surface area (Å²) in [5, 5.41) is 0.767. The summed E-state index contributed by atoms with van der Waals surface area (Å²) in [5.41, 5.74) is 3.32. The lowest BCUT2D eigenvalue weighted by atomic mass is 9.82. The van der Waals surface area contributed by atoms with E-state index in [1.807, 2.05) is 37.8 Å². The zero-order chi connectivity index (χ0) is 17.5. The Balaban J connectivity index is 1.88. The van der Waals surface area contributed by atoms with Crippen LogP contribution >= 0.6 is 11.6 Å². The van der Waals surface area contributed by atoms with Crippen LogP contribution in [0.5, 0.6) is 0 Å². The maximum atomic E-state index is 12.6. The van der Waals surface area contributed by atoms with Gasteiger partial charge in [0.25, 0.3) is 0 Å². The molecule has 1 amide bonds. The molecule has 2 unspecified atom stereocenters. The highest BCUT2D eigenvalue weighted by Crippen LogP contribution is 2.39. The molecule has 2 aliphatic heterocycles. The molecule has 0 saturated carbocycles. The fourth-order valence-corrected chi connectivity index (χ4v) is 4.04. The topological polar surface area (TPSA) is 29.5 Å². The average molecular weight is 348 g/mol. The summed E-state index contributed by atoms with van der Waals surface area (Å²) < 4.78 is 5.63. The lowest BCUT2D eigenvalue weighted by Gasteiger charge is -2.45. The van der Waals surface area contributed by atoms with Crippen molar-refractivity contribution >= 4 is 23.3 Å². The number of aryl methyl sites for hydroxylation is 1. The van der Waals surface area contributed by atoms with Gasteiger partial charge in [-0.2, -0.15) is 0 Å². The van der Waals surface area contributed by atoms with Crippen molar-refractivity contribution < 1.29 is 9.53 Å². The number of fused-ring (bicyclic) bond motifs is 2. The predicted molar refractivity (Wildman–Crippen MR) is 98.3 cm³/mol. The van der Waals surface area contributed by atoms with Crippen molar-refractivity contribution in [1.82, 2.24) is 4.90 Å². The lowest BCUT2D eigenvalue weighted by molar-refractivity contribution is 0.0000863. The Morgan fingerprint density at radius 3 is 2.67 bits per heavy atom. The first-order chi connectivity index (χ1) is 11.2. The second kappa shape index (κ2) is 6.44. The van der Waals surface area contributed by atoms with Crippen LogP contribution in [-0.4, -0.2) is 28.7 Å². The Hall–Kier alpha value is -1.48. The SMILES string of the molecule is Cc1cc(Cl)ccc1C1=CC2CCCC(C1)N2C(=O)OC(C)(C)C. The van der Waals surface area contributed by atoms with Crippen LogP contribution < -0.4 is 0 Å². The van der Waals surface area contributed by atoms with E-state index in [9.17, 15) is 4.79 Å². The van der Waals surface area contributed by atoms with E-state index in [-0.39, 0.29) is 18.2 Å². The Morgan fingerprint density at radius 1 is 1.29 bits per heavy atom. The maximum absolute atomic E-state index is 12.6. The number of carbonyl (C=O) groups excluding carboxylic acids is 1. The van der Waals surface area contributed by atoms with Crippen LogP contribution in [0.3, 0.4) is 0 Å². The molecule has 1 aromatic rings. The number of piperidine rings is 1. The Labute approximate surface area is 149 Å². The minimum absolute atomic E-state index is 0.137. The first-order valence-electron chi connectivity index (χ1n) is 8.73. The van der Waals surface area contributed by atoms with Crippen LogP contribution in [-0.2, 0) is 4.74 Å². The molecule has 1 fully saturated rings. The monoisotopic (exact) mass is 347 g/mol. The molecule has 0 aromatic heterocycles. The number of benzene rings is 1. The smallest absolute Gasteiger partial charge is 0.411 e. The summed E-state index contributed by atoms with van der Waals surface area (Å²) in [6, 6.07) is 6.42. The van der Waals surface area contributed by atoms with E-state index in [0.717, 1.165) is 30.7 Å². The first kappa shape index (κ1) is 17.3. The van der Waals surface area contributed by atoms with Gasteiger partial charge in [0.15, 0.2) is 0 Å². The van der Waals surface area contributed by atoms with Crippen LogP contribution in [0.2, 0.25) is 5.02 Å². The highest BCUT2D eigenvalue weighted by molar-refractivity contribution is 6.30. The highest BCUT2D eigenvalue weighted by Gasteiger charge is 2.39. The van der Waals surface area contributed by atoms with E-state index < -0.39 is 5.60 Å². The largest absolute Gasteiger partial charge is 0.444 e. The van der Waals surface area contributed by atoms with E-state index in [1.165, 1.54) is 16.7 Å². The molecule has 0 aliphatic carbocycles. The van der Waals surface area contributed by atoms with Gasteiger partial charge in [-0.3, -0.25) is 4.90 Å². The molecule has 2 atom stereocenters. The third-order valence-corrected chi connectivity index (χ3v) is 5.01. The molecule has 4 heteroatoms. The Morgan fingerprint density at radius 2 is 2.04 bits per heavy atom. The van der Waals surface area contributed by atoms with Crippen molar-refractivity contribution in [2.45, 2.75) is 71.1 Å². The predicted octanol–water partition coefficient (Wildman–Crippen LogP) is 5.59. The van der Waals surface area contributed by atoms with Crippen LogP contribution in [0.1, 0.15) is 57.6 Å². The first-order valence-corrected chi connectivity index (χ1v) is 9.11. The number of hydrogen-bond acceptors (Lipinski definition) is 2. The van der Waals surface area contributed by atoms with E-state index in [2.05, 4.69) is 19.1 Å². The number of nitrogens with zero attached hydrogens (tertiary/aromatic N) is 1. The fourth-order valence-electron chi connectivity index (χ4n) is 3.82. The number of ether oxygens (including phenoxy) is 1. The van der Waals surface area contributed by atoms with Crippen molar-refractivity contribution in [2.24, 2.45) is 0 Å². The normalized spacial score (nSPS) is 23.7. The zero-order valence-corrected chi connectivity index (χ0v) is 15.7. The fraction of sp³-hybridized carbons (Fsp3) is 0.550. The van der Waals surface area contributed by atoms with E-state index in [4.69, 9.17) is 16.3 Å². The van der Waals surface area contributed by atoms with E-state index >= 15 is 0 Å². The number of amides is 1. The quantitative estimate of drug-likeness (QED) is 0.662. The molecule has 0 spiro atoms. The molecule has 0 radical (unpaired) electrons. The molecule has 3 rings (SSSR count). The Kier molecular flexibility index (Phi) is 4.65. The van der Waals surface area contributed by atoms with Gasteiger partial charge in [0, 0.05) is 11.1 Å².